The van der Waals surface area contributed by atoms with Gasteiger partial charge in [0.1, 0.15) is 12.1 Å². The summed E-state index contributed by atoms with van der Waals surface area (Å²) in [7, 11) is 1.13. The van der Waals surface area contributed by atoms with Crippen LogP contribution in [-0.4, -0.2) is 42.8 Å². The van der Waals surface area contributed by atoms with Gasteiger partial charge in [-0.2, -0.15) is 0 Å². The Kier molecular flexibility index (Phi) is 8.92. The van der Waals surface area contributed by atoms with E-state index >= 15 is 0 Å². The predicted molar refractivity (Wildman–Crippen MR) is 149 cm³/mol. The first-order chi connectivity index (χ1) is 18.8. The number of esters is 1. The first kappa shape index (κ1) is 27.8. The van der Waals surface area contributed by atoms with Gasteiger partial charge in [-0.05, 0) is 40.2 Å². The van der Waals surface area contributed by atoms with E-state index in [0.717, 1.165) is 34.9 Å². The van der Waals surface area contributed by atoms with E-state index in [0.29, 0.717) is 6.42 Å². The molecule has 7 heteroatoms. The van der Waals surface area contributed by atoms with Gasteiger partial charge in [0.25, 0.3) is 5.78 Å². The summed E-state index contributed by atoms with van der Waals surface area (Å²) in [5, 5.41) is 5.62. The molecule has 4 rings (SSSR count). The third-order valence-corrected chi connectivity index (χ3v) is 7.01. The number of hydrogen-bond acceptors (Lipinski definition) is 5. The van der Waals surface area contributed by atoms with Crippen molar-refractivity contribution >= 4 is 23.6 Å². The summed E-state index contributed by atoms with van der Waals surface area (Å²) >= 11 is 0. The van der Waals surface area contributed by atoms with E-state index in [1.165, 1.54) is 0 Å². The minimum atomic E-state index is -1.12. The van der Waals surface area contributed by atoms with E-state index < -0.39 is 29.7 Å². The molecule has 1 aliphatic rings. The normalized spacial score (nSPS) is 13.6. The Balaban J connectivity index is 1.51. The number of amides is 2. The van der Waals surface area contributed by atoms with Crippen molar-refractivity contribution < 1.29 is 23.9 Å². The molecule has 0 fully saturated rings. The number of carbonyl (C=O) groups is 4. The molecule has 3 aromatic carbocycles. The Morgan fingerprint density at radius 3 is 1.90 bits per heavy atom. The van der Waals surface area contributed by atoms with Crippen LogP contribution in [0.2, 0.25) is 0 Å². The van der Waals surface area contributed by atoms with Crippen LogP contribution in [0.4, 0.5) is 0 Å². The third kappa shape index (κ3) is 6.60. The van der Waals surface area contributed by atoms with Crippen LogP contribution < -0.4 is 10.6 Å². The fourth-order valence-corrected chi connectivity index (χ4v) is 5.20. The molecule has 0 aromatic heterocycles. The second-order valence-corrected chi connectivity index (χ2v) is 10.3. The van der Waals surface area contributed by atoms with Crippen LogP contribution in [0.5, 0.6) is 0 Å². The number of Topliss-reactive ketones (excluding diaryl/α,β-unsaturated/α-hetero) is 1. The quantitative estimate of drug-likeness (QED) is 0.288. The monoisotopic (exact) mass is 526 g/mol. The van der Waals surface area contributed by atoms with E-state index in [1.807, 2.05) is 80.6 Å². The van der Waals surface area contributed by atoms with Gasteiger partial charge in [-0.3, -0.25) is 14.4 Å². The third-order valence-electron chi connectivity index (χ3n) is 7.01. The largest absolute Gasteiger partial charge is 0.463 e. The van der Waals surface area contributed by atoms with Crippen LogP contribution in [0.3, 0.4) is 0 Å². The van der Waals surface area contributed by atoms with Crippen molar-refractivity contribution in [2.45, 2.75) is 51.1 Å². The molecule has 1 unspecified atom stereocenters. The molecule has 202 valence electrons. The zero-order valence-corrected chi connectivity index (χ0v) is 22.5. The molecule has 0 saturated carbocycles. The Hall–Kier alpha value is -4.26. The smallest absolute Gasteiger partial charge is 0.376 e. The summed E-state index contributed by atoms with van der Waals surface area (Å²) in [4.78, 5) is 51.6. The highest BCUT2D eigenvalue weighted by atomic mass is 16.5. The summed E-state index contributed by atoms with van der Waals surface area (Å²) in [6.07, 6.45) is 0.683. The molecular weight excluding hydrogens is 492 g/mol. The molecule has 2 atom stereocenters. The Labute approximate surface area is 229 Å². The maximum absolute atomic E-state index is 13.4. The molecule has 3 aromatic rings. The molecule has 0 aliphatic heterocycles. The zero-order chi connectivity index (χ0) is 27.9. The molecule has 0 spiro atoms. The number of fused-ring (bicyclic) bond motifs is 3. The number of nitrogens with one attached hydrogen (secondary N) is 2. The van der Waals surface area contributed by atoms with Gasteiger partial charge in [0, 0.05) is 18.8 Å². The first-order valence-corrected chi connectivity index (χ1v) is 13.2. The molecule has 39 heavy (non-hydrogen) atoms. The van der Waals surface area contributed by atoms with E-state index in [1.54, 1.807) is 0 Å². The topological polar surface area (TPSA) is 102 Å². The fourth-order valence-electron chi connectivity index (χ4n) is 5.20. The number of hydrogen-bond donors (Lipinski definition) is 2. The van der Waals surface area contributed by atoms with E-state index in [9.17, 15) is 19.2 Å². The number of ketones is 1. The summed E-state index contributed by atoms with van der Waals surface area (Å²) < 4.78 is 4.62. The van der Waals surface area contributed by atoms with Gasteiger partial charge < -0.3 is 15.4 Å². The lowest BCUT2D eigenvalue weighted by atomic mass is 9.93. The molecule has 0 saturated heterocycles. The van der Waals surface area contributed by atoms with Crippen LogP contribution in [0.1, 0.15) is 49.3 Å². The standard InChI is InChI=1S/C32H34N2O5/c1-20(2)17-28(31(37)34-27(30(36)32(38)39-3)18-21-11-5-4-6-12-21)33-29(35)19-26-24-15-9-7-13-22(24)23-14-8-10-16-25(23)26/h4-16,20,26-28H,17-19H2,1-3H3,(H,33,35)(H,34,37)/t27?,28-/m0/s1. The van der Waals surface area contributed by atoms with Crippen LogP contribution in [0.15, 0.2) is 78.9 Å². The molecule has 7 nitrogen and oxygen atoms in total. The lowest BCUT2D eigenvalue weighted by Gasteiger charge is -2.24. The summed E-state index contributed by atoms with van der Waals surface area (Å²) in [5.74, 6) is -2.67. The lowest BCUT2D eigenvalue weighted by Crippen LogP contribution is -2.54. The van der Waals surface area contributed by atoms with Crippen molar-refractivity contribution in [1.82, 2.24) is 10.6 Å². The van der Waals surface area contributed by atoms with Crippen molar-refractivity contribution in [1.29, 1.82) is 0 Å². The number of carbonyl (C=O) groups excluding carboxylic acids is 4. The van der Waals surface area contributed by atoms with Gasteiger partial charge in [-0.1, -0.05) is 92.7 Å². The van der Waals surface area contributed by atoms with Crippen molar-refractivity contribution in [3.8, 4) is 11.1 Å². The SMILES string of the molecule is COC(=O)C(=O)C(Cc1ccccc1)NC(=O)[C@H](CC(C)C)NC(=O)CC1c2ccccc2-c2ccccc21. The van der Waals surface area contributed by atoms with Gasteiger partial charge in [-0.15, -0.1) is 0 Å². The number of benzene rings is 3. The zero-order valence-electron chi connectivity index (χ0n) is 22.5. The summed E-state index contributed by atoms with van der Waals surface area (Å²) in [6, 6.07) is 23.2. The molecule has 2 amide bonds. The minimum Gasteiger partial charge on any atom is -0.463 e. The maximum atomic E-state index is 13.4. The van der Waals surface area contributed by atoms with E-state index in [-0.39, 0.29) is 30.6 Å². The molecular formula is C32H34N2O5. The van der Waals surface area contributed by atoms with Crippen molar-refractivity contribution in [3.05, 3.63) is 95.6 Å². The second-order valence-electron chi connectivity index (χ2n) is 10.3. The van der Waals surface area contributed by atoms with Crippen LogP contribution in [-0.2, 0) is 30.3 Å². The average Bonchev–Trinajstić information content (AvgIpc) is 3.25. The van der Waals surface area contributed by atoms with Crippen molar-refractivity contribution in [2.75, 3.05) is 7.11 Å². The number of ether oxygens (including phenoxy) is 1. The van der Waals surface area contributed by atoms with Gasteiger partial charge in [-0.25, -0.2) is 4.79 Å². The minimum absolute atomic E-state index is 0.0952. The Morgan fingerprint density at radius 2 is 1.33 bits per heavy atom. The van der Waals surface area contributed by atoms with Crippen LogP contribution >= 0.6 is 0 Å². The molecule has 0 bridgehead atoms. The highest BCUT2D eigenvalue weighted by Gasteiger charge is 2.33. The van der Waals surface area contributed by atoms with Gasteiger partial charge in [0.15, 0.2) is 0 Å². The fraction of sp³-hybridized carbons (Fsp3) is 0.312. The average molecular weight is 527 g/mol. The van der Waals surface area contributed by atoms with Gasteiger partial charge in [0.2, 0.25) is 11.8 Å². The Bertz CT molecular complexity index is 1310. The number of methoxy groups -OCH3 is 1. The van der Waals surface area contributed by atoms with E-state index in [2.05, 4.69) is 27.5 Å². The van der Waals surface area contributed by atoms with Gasteiger partial charge in [0.05, 0.1) is 7.11 Å². The van der Waals surface area contributed by atoms with Crippen molar-refractivity contribution in [3.63, 3.8) is 0 Å². The highest BCUT2D eigenvalue weighted by Crippen LogP contribution is 2.46. The number of rotatable bonds is 11. The van der Waals surface area contributed by atoms with Crippen LogP contribution in [0.25, 0.3) is 11.1 Å². The summed E-state index contributed by atoms with van der Waals surface area (Å²) in [6.45, 7) is 3.91. The molecule has 2 N–H and O–H groups in total. The van der Waals surface area contributed by atoms with Crippen molar-refractivity contribution in [2.24, 2.45) is 5.92 Å². The Morgan fingerprint density at radius 1 is 0.769 bits per heavy atom. The van der Waals surface area contributed by atoms with Gasteiger partial charge >= 0.3 is 5.97 Å². The van der Waals surface area contributed by atoms with Crippen LogP contribution in [0, 0.1) is 5.92 Å². The molecule has 0 heterocycles. The first-order valence-electron chi connectivity index (χ1n) is 13.2. The van der Waals surface area contributed by atoms with E-state index in [4.69, 9.17) is 0 Å². The molecule has 0 radical (unpaired) electrons. The molecule has 1 aliphatic carbocycles. The highest BCUT2D eigenvalue weighted by molar-refractivity contribution is 6.36. The lowest BCUT2D eigenvalue weighted by molar-refractivity contribution is -0.153. The second kappa shape index (κ2) is 12.5. The maximum Gasteiger partial charge on any atom is 0.376 e. The predicted octanol–water partition coefficient (Wildman–Crippen LogP) is 4.19. The summed E-state index contributed by atoms with van der Waals surface area (Å²) in [5.41, 5.74) is 5.19.